The molecule has 12 heteroatoms. The van der Waals surface area contributed by atoms with E-state index in [1.165, 1.54) is 6.26 Å². The number of anilines is 1. The predicted molar refractivity (Wildman–Crippen MR) is 111 cm³/mol. The normalized spacial score (nSPS) is 10.5. The van der Waals surface area contributed by atoms with Gasteiger partial charge in [0.15, 0.2) is 0 Å². The van der Waals surface area contributed by atoms with E-state index in [2.05, 4.69) is 21.1 Å². The minimum Gasteiger partial charge on any atom is -0.467 e. The first-order chi connectivity index (χ1) is 15.5. The van der Waals surface area contributed by atoms with E-state index in [9.17, 15) is 19.2 Å². The molecule has 0 saturated heterocycles. The molecule has 0 fully saturated rings. The number of furan rings is 1. The Labute approximate surface area is 182 Å². The monoisotopic (exact) mass is 442 g/mol. The predicted octanol–water partition coefficient (Wildman–Crippen LogP) is 0.620. The Hall–Kier alpha value is -4.22. The number of aromatic nitrogens is 4. The Kier molecular flexibility index (Phi) is 7.51. The molecule has 0 radical (unpaired) electrons. The lowest BCUT2D eigenvalue weighted by atomic mass is 10.2. The molecule has 0 aliphatic rings. The number of nitrogens with one attached hydrogen (secondary N) is 2. The van der Waals surface area contributed by atoms with Gasteiger partial charge in [0, 0.05) is 12.1 Å². The third-order valence-electron chi connectivity index (χ3n) is 4.23. The van der Waals surface area contributed by atoms with Gasteiger partial charge in [-0.15, -0.1) is 0 Å². The number of carbonyl (C=O) groups excluding carboxylic acids is 3. The van der Waals surface area contributed by atoms with Crippen LogP contribution in [0.25, 0.3) is 5.69 Å². The number of tetrazole rings is 1. The highest BCUT2D eigenvalue weighted by Gasteiger charge is 2.13. The minimum absolute atomic E-state index is 0.00362. The van der Waals surface area contributed by atoms with E-state index in [1.807, 2.05) is 0 Å². The van der Waals surface area contributed by atoms with Crippen LogP contribution >= 0.6 is 0 Å². The second-order valence-electron chi connectivity index (χ2n) is 6.59. The molecule has 0 bridgehead atoms. The van der Waals surface area contributed by atoms with Crippen molar-refractivity contribution in [3.05, 3.63) is 58.9 Å². The Morgan fingerprint density at radius 3 is 2.53 bits per heavy atom. The third kappa shape index (κ3) is 6.14. The fraction of sp³-hybridized carbons (Fsp3) is 0.300. The van der Waals surface area contributed by atoms with Crippen LogP contribution < -0.4 is 16.3 Å². The lowest BCUT2D eigenvalue weighted by molar-refractivity contribution is -0.144. The molecule has 3 rings (SSSR count). The van der Waals surface area contributed by atoms with Crippen molar-refractivity contribution in [2.24, 2.45) is 0 Å². The SMILES string of the molecule is CCOC(=O)CCC(=O)Nc1ccc(-n2nnn(CC(=O)NCc3ccco3)c2=O)cc1. The van der Waals surface area contributed by atoms with Crippen LogP contribution in [0.15, 0.2) is 51.9 Å². The molecule has 2 amide bonds. The van der Waals surface area contributed by atoms with Gasteiger partial charge in [-0.3, -0.25) is 14.4 Å². The molecule has 1 aromatic carbocycles. The van der Waals surface area contributed by atoms with Gasteiger partial charge in [-0.05, 0) is 53.7 Å². The molecule has 168 valence electrons. The smallest absolute Gasteiger partial charge is 0.368 e. The van der Waals surface area contributed by atoms with Gasteiger partial charge in [0.1, 0.15) is 12.3 Å². The molecule has 0 unspecified atom stereocenters. The molecule has 2 heterocycles. The van der Waals surface area contributed by atoms with Crippen LogP contribution in [-0.4, -0.2) is 44.2 Å². The number of benzene rings is 1. The molecule has 2 aromatic heterocycles. The van der Waals surface area contributed by atoms with Gasteiger partial charge in [0.25, 0.3) is 0 Å². The zero-order chi connectivity index (χ0) is 22.9. The second-order valence-corrected chi connectivity index (χ2v) is 6.59. The molecule has 0 atom stereocenters. The van der Waals surface area contributed by atoms with Crippen molar-refractivity contribution in [2.45, 2.75) is 32.9 Å². The van der Waals surface area contributed by atoms with Crippen LogP contribution in [0.5, 0.6) is 0 Å². The molecule has 0 spiro atoms. The van der Waals surface area contributed by atoms with Crippen LogP contribution in [0, 0.1) is 0 Å². The maximum atomic E-state index is 12.5. The molecular weight excluding hydrogens is 420 g/mol. The van der Waals surface area contributed by atoms with Crippen molar-refractivity contribution in [3.63, 3.8) is 0 Å². The Bertz CT molecular complexity index is 1120. The lowest BCUT2D eigenvalue weighted by Crippen LogP contribution is -2.33. The average molecular weight is 442 g/mol. The van der Waals surface area contributed by atoms with Crippen LogP contribution in [0.1, 0.15) is 25.5 Å². The first kappa shape index (κ1) is 22.5. The average Bonchev–Trinajstić information content (AvgIpc) is 3.42. The van der Waals surface area contributed by atoms with Crippen LogP contribution in [0.4, 0.5) is 5.69 Å². The number of nitrogens with zero attached hydrogens (tertiary/aromatic N) is 4. The Morgan fingerprint density at radius 1 is 1.06 bits per heavy atom. The highest BCUT2D eigenvalue weighted by Crippen LogP contribution is 2.12. The van der Waals surface area contributed by atoms with Gasteiger partial charge in [0.05, 0.1) is 31.5 Å². The summed E-state index contributed by atoms with van der Waals surface area (Å²) in [6, 6.07) is 9.72. The maximum absolute atomic E-state index is 12.5. The van der Waals surface area contributed by atoms with Gasteiger partial charge >= 0.3 is 11.7 Å². The number of hydrogen-bond acceptors (Lipinski definition) is 8. The maximum Gasteiger partial charge on any atom is 0.368 e. The van der Waals surface area contributed by atoms with Crippen molar-refractivity contribution >= 4 is 23.5 Å². The van der Waals surface area contributed by atoms with E-state index in [0.717, 1.165) is 9.36 Å². The fourth-order valence-corrected chi connectivity index (χ4v) is 2.68. The van der Waals surface area contributed by atoms with Crippen molar-refractivity contribution < 1.29 is 23.5 Å². The van der Waals surface area contributed by atoms with E-state index in [0.29, 0.717) is 17.1 Å². The summed E-state index contributed by atoms with van der Waals surface area (Å²) in [6.07, 6.45) is 1.49. The lowest BCUT2D eigenvalue weighted by Gasteiger charge is -2.06. The number of ether oxygens (including phenoxy) is 1. The van der Waals surface area contributed by atoms with Crippen LogP contribution in [0.2, 0.25) is 0 Å². The van der Waals surface area contributed by atoms with Gasteiger partial charge in [-0.2, -0.15) is 9.36 Å². The molecule has 0 aliphatic heterocycles. The van der Waals surface area contributed by atoms with Gasteiger partial charge in [0.2, 0.25) is 11.8 Å². The number of esters is 1. The van der Waals surface area contributed by atoms with Crippen molar-refractivity contribution in [1.82, 2.24) is 25.1 Å². The summed E-state index contributed by atoms with van der Waals surface area (Å²) in [5.41, 5.74) is 0.298. The Morgan fingerprint density at radius 2 is 1.84 bits per heavy atom. The summed E-state index contributed by atoms with van der Waals surface area (Å²) in [5, 5.41) is 12.8. The molecule has 0 aliphatic carbocycles. The first-order valence-electron chi connectivity index (χ1n) is 9.84. The summed E-state index contributed by atoms with van der Waals surface area (Å²) in [7, 11) is 0. The highest BCUT2D eigenvalue weighted by molar-refractivity contribution is 5.92. The topological polar surface area (TPSA) is 150 Å². The van der Waals surface area contributed by atoms with Crippen molar-refractivity contribution in [2.75, 3.05) is 11.9 Å². The van der Waals surface area contributed by atoms with E-state index in [4.69, 9.17) is 9.15 Å². The minimum atomic E-state index is -0.593. The van der Waals surface area contributed by atoms with Crippen LogP contribution in [0.3, 0.4) is 0 Å². The van der Waals surface area contributed by atoms with Crippen molar-refractivity contribution in [3.8, 4) is 5.69 Å². The first-order valence-corrected chi connectivity index (χ1v) is 9.84. The summed E-state index contributed by atoms with van der Waals surface area (Å²) in [5.74, 6) is -0.608. The van der Waals surface area contributed by atoms with Crippen LogP contribution in [-0.2, 0) is 32.2 Å². The zero-order valence-corrected chi connectivity index (χ0v) is 17.3. The largest absolute Gasteiger partial charge is 0.467 e. The molecular formula is C20H22N6O6. The van der Waals surface area contributed by atoms with E-state index < -0.39 is 17.6 Å². The third-order valence-corrected chi connectivity index (χ3v) is 4.23. The molecule has 32 heavy (non-hydrogen) atoms. The van der Waals surface area contributed by atoms with Gasteiger partial charge in [-0.25, -0.2) is 4.79 Å². The molecule has 2 N–H and O–H groups in total. The quantitative estimate of drug-likeness (QED) is 0.434. The van der Waals surface area contributed by atoms with E-state index in [1.54, 1.807) is 43.3 Å². The number of rotatable bonds is 10. The fourth-order valence-electron chi connectivity index (χ4n) is 2.68. The summed E-state index contributed by atoms with van der Waals surface area (Å²) >= 11 is 0. The molecule has 3 aromatic rings. The van der Waals surface area contributed by atoms with Gasteiger partial charge in [-0.1, -0.05) is 0 Å². The van der Waals surface area contributed by atoms with E-state index in [-0.39, 0.29) is 38.4 Å². The van der Waals surface area contributed by atoms with Gasteiger partial charge < -0.3 is 19.8 Å². The number of amides is 2. The zero-order valence-electron chi connectivity index (χ0n) is 17.3. The standard InChI is InChI=1S/C20H22N6O6/c1-2-31-19(29)10-9-17(27)22-14-5-7-15(8-6-14)26-20(30)25(23-24-26)13-18(28)21-12-16-4-3-11-32-16/h3-8,11H,2,9-10,12-13H2,1H3,(H,21,28)(H,22,27). The second kappa shape index (κ2) is 10.7. The number of carbonyl (C=O) groups is 3. The molecule has 12 nitrogen and oxygen atoms in total. The summed E-state index contributed by atoms with van der Waals surface area (Å²) in [6.45, 7) is 1.86. The molecule has 0 saturated carbocycles. The summed E-state index contributed by atoms with van der Waals surface area (Å²) in [4.78, 5) is 47.8. The highest BCUT2D eigenvalue weighted by atomic mass is 16.5. The van der Waals surface area contributed by atoms with E-state index >= 15 is 0 Å². The summed E-state index contributed by atoms with van der Waals surface area (Å²) < 4.78 is 11.9. The van der Waals surface area contributed by atoms with Crippen molar-refractivity contribution in [1.29, 1.82) is 0 Å². The number of hydrogen-bond donors (Lipinski definition) is 2. The Balaban J connectivity index is 1.55.